The van der Waals surface area contributed by atoms with Crippen LogP contribution in [-0.4, -0.2) is 52.6 Å². The topological polar surface area (TPSA) is 99.8 Å². The van der Waals surface area contributed by atoms with Crippen molar-refractivity contribution in [3.8, 4) is 5.75 Å². The van der Waals surface area contributed by atoms with Gasteiger partial charge in [0, 0.05) is 34.5 Å². The molecule has 0 radical (unpaired) electrons. The van der Waals surface area contributed by atoms with Gasteiger partial charge in [-0.1, -0.05) is 52.9 Å². The first-order valence-corrected chi connectivity index (χ1v) is 14.5. The summed E-state index contributed by atoms with van der Waals surface area (Å²) in [4.78, 5) is 59.0. The van der Waals surface area contributed by atoms with E-state index in [1.165, 1.54) is 16.7 Å². The Balaban J connectivity index is 1.36. The highest BCUT2D eigenvalue weighted by molar-refractivity contribution is 8.00. The molecule has 0 bridgehead atoms. The van der Waals surface area contributed by atoms with Crippen LogP contribution >= 0.6 is 34.7 Å². The number of nitrogens with one attached hydrogen (secondary N) is 1. The van der Waals surface area contributed by atoms with Crippen molar-refractivity contribution in [2.45, 2.75) is 35.5 Å². The number of thiazole rings is 1. The molecule has 4 heterocycles. The molecule has 3 atom stereocenters. The lowest BCUT2D eigenvalue weighted by atomic mass is 9.82. The van der Waals surface area contributed by atoms with Crippen molar-refractivity contribution in [3.63, 3.8) is 0 Å². The number of para-hydroxylation sites is 1. The van der Waals surface area contributed by atoms with E-state index in [1.807, 2.05) is 17.0 Å². The smallest absolute Gasteiger partial charge is 0.305 e. The Kier molecular flexibility index (Phi) is 6.79. The van der Waals surface area contributed by atoms with E-state index in [0.29, 0.717) is 31.9 Å². The minimum absolute atomic E-state index is 0.0791. The van der Waals surface area contributed by atoms with Crippen LogP contribution in [0.3, 0.4) is 0 Å². The summed E-state index contributed by atoms with van der Waals surface area (Å²) in [5.74, 6) is -1.63. The number of carbonyl (C=O) groups is 3. The first-order valence-electron chi connectivity index (χ1n) is 12.4. The number of likely N-dealkylation sites (tertiary alicyclic amines) is 1. The van der Waals surface area contributed by atoms with Gasteiger partial charge in [0.25, 0.3) is 5.91 Å². The van der Waals surface area contributed by atoms with Crippen LogP contribution in [-0.2, 0) is 14.4 Å². The van der Waals surface area contributed by atoms with Crippen molar-refractivity contribution in [1.29, 1.82) is 0 Å². The number of imide groups is 1. The molecule has 1 aromatic heterocycles. The lowest BCUT2D eigenvalue weighted by Gasteiger charge is -2.31. The van der Waals surface area contributed by atoms with Crippen molar-refractivity contribution in [2.24, 2.45) is 5.92 Å². The highest BCUT2D eigenvalue weighted by Crippen LogP contribution is 2.54. The van der Waals surface area contributed by atoms with E-state index in [9.17, 15) is 19.2 Å². The third-order valence-corrected chi connectivity index (χ3v) is 9.88. The number of rotatable bonds is 5. The average Bonchev–Trinajstić information content (AvgIpc) is 3.43. The molecule has 0 unspecified atom stereocenters. The number of hydrogen-bond donors (Lipinski definition) is 1. The number of ether oxygens (including phenoxy) is 1. The van der Waals surface area contributed by atoms with Crippen LogP contribution in [0.1, 0.15) is 35.6 Å². The highest BCUT2D eigenvalue weighted by atomic mass is 35.5. The van der Waals surface area contributed by atoms with Crippen molar-refractivity contribution in [2.75, 3.05) is 24.6 Å². The maximum absolute atomic E-state index is 13.9. The van der Waals surface area contributed by atoms with E-state index >= 15 is 0 Å². The van der Waals surface area contributed by atoms with Gasteiger partial charge in [0.05, 0.1) is 16.6 Å². The van der Waals surface area contributed by atoms with Crippen LogP contribution in [0.25, 0.3) is 0 Å². The minimum Gasteiger partial charge on any atom is -0.483 e. The molecule has 2 saturated heterocycles. The van der Waals surface area contributed by atoms with Gasteiger partial charge in [0.15, 0.2) is 6.61 Å². The second-order valence-electron chi connectivity index (χ2n) is 9.51. The monoisotopic (exact) mass is 569 g/mol. The fourth-order valence-electron chi connectivity index (χ4n) is 5.44. The molecule has 3 aliphatic heterocycles. The third-order valence-electron chi connectivity index (χ3n) is 7.22. The Labute approximate surface area is 231 Å². The molecule has 6 rings (SSSR count). The van der Waals surface area contributed by atoms with Crippen LogP contribution in [0.15, 0.2) is 58.4 Å². The fraction of sp³-hybridized carbons (Fsp3) is 0.333. The molecule has 3 amide bonds. The second-order valence-corrected chi connectivity index (χ2v) is 12.1. The predicted molar refractivity (Wildman–Crippen MR) is 146 cm³/mol. The van der Waals surface area contributed by atoms with Crippen LogP contribution in [0.2, 0.25) is 5.02 Å². The summed E-state index contributed by atoms with van der Waals surface area (Å²) in [6.45, 7) is 1.34. The Bertz CT molecular complexity index is 1460. The van der Waals surface area contributed by atoms with Gasteiger partial charge in [-0.15, -0.1) is 0 Å². The molecule has 2 fully saturated rings. The number of carbonyl (C=O) groups excluding carboxylic acids is 3. The Morgan fingerprint density at radius 3 is 2.50 bits per heavy atom. The number of hydrogen-bond acceptors (Lipinski definition) is 7. The van der Waals surface area contributed by atoms with Crippen molar-refractivity contribution >= 4 is 58.1 Å². The van der Waals surface area contributed by atoms with E-state index in [2.05, 4.69) is 4.98 Å². The molecule has 38 heavy (non-hydrogen) atoms. The summed E-state index contributed by atoms with van der Waals surface area (Å²) in [7, 11) is 0. The van der Waals surface area contributed by atoms with Crippen molar-refractivity contribution < 1.29 is 19.1 Å². The van der Waals surface area contributed by atoms with E-state index in [0.717, 1.165) is 43.7 Å². The van der Waals surface area contributed by atoms with Crippen LogP contribution in [0.4, 0.5) is 5.69 Å². The van der Waals surface area contributed by atoms with Gasteiger partial charge < -0.3 is 14.6 Å². The maximum atomic E-state index is 13.9. The number of aromatic nitrogens is 1. The standard InChI is InChI=1S/C27H24ClN3O5S2/c28-15-8-10-16(11-9-15)31-25(33)21-20(22-24(29-27(35)38-22)37-23(21)26(31)34)17-6-2-3-7-18(17)36-14-19(32)30-12-4-1-5-13-30/h2-3,6-11,20-21,23H,1,4-5,12-14H2,(H,29,35)/t20-,21-,23+/m0/s1. The number of halogens is 1. The Morgan fingerprint density at radius 1 is 1.00 bits per heavy atom. The van der Waals surface area contributed by atoms with E-state index < -0.39 is 17.1 Å². The molecular weight excluding hydrogens is 546 g/mol. The summed E-state index contributed by atoms with van der Waals surface area (Å²) in [5.41, 5.74) is 1.12. The Hall–Kier alpha value is -3.08. The zero-order valence-electron chi connectivity index (χ0n) is 20.2. The van der Waals surface area contributed by atoms with E-state index in [1.54, 1.807) is 36.4 Å². The Morgan fingerprint density at radius 2 is 1.74 bits per heavy atom. The lowest BCUT2D eigenvalue weighted by molar-refractivity contribution is -0.134. The van der Waals surface area contributed by atoms with Crippen LogP contribution in [0, 0.1) is 5.92 Å². The van der Waals surface area contributed by atoms with Gasteiger partial charge in [-0.3, -0.25) is 19.2 Å². The number of fused-ring (bicyclic) bond motifs is 2. The van der Waals surface area contributed by atoms with Crippen molar-refractivity contribution in [1.82, 2.24) is 9.88 Å². The number of nitrogens with zero attached hydrogens (tertiary/aromatic N) is 2. The molecule has 8 nitrogen and oxygen atoms in total. The average molecular weight is 570 g/mol. The molecule has 1 N–H and O–H groups in total. The first kappa shape index (κ1) is 25.2. The molecule has 0 saturated carbocycles. The number of benzene rings is 2. The molecule has 3 aromatic rings. The minimum atomic E-state index is -0.746. The van der Waals surface area contributed by atoms with Gasteiger partial charge in [0.2, 0.25) is 11.8 Å². The zero-order chi connectivity index (χ0) is 26.4. The van der Waals surface area contributed by atoms with Crippen LogP contribution in [0.5, 0.6) is 5.75 Å². The summed E-state index contributed by atoms with van der Waals surface area (Å²) >= 11 is 8.29. The molecule has 0 spiro atoms. The summed E-state index contributed by atoms with van der Waals surface area (Å²) < 4.78 is 6.06. The SMILES string of the molecule is O=C(COc1ccccc1[C@@H]1c2sc(=O)[nH]c2S[C@H]2C(=O)N(c3ccc(Cl)cc3)C(=O)[C@@H]12)N1CCCCC1. The van der Waals surface area contributed by atoms with Gasteiger partial charge in [0.1, 0.15) is 11.0 Å². The summed E-state index contributed by atoms with van der Waals surface area (Å²) in [6.07, 6.45) is 3.10. The molecule has 11 heteroatoms. The highest BCUT2D eigenvalue weighted by Gasteiger charge is 2.56. The molecule has 2 aromatic carbocycles. The molecular formula is C27H24ClN3O5S2. The van der Waals surface area contributed by atoms with E-state index in [4.69, 9.17) is 16.3 Å². The van der Waals surface area contributed by atoms with Gasteiger partial charge in [-0.05, 0) is 49.6 Å². The lowest BCUT2D eigenvalue weighted by Crippen LogP contribution is -2.38. The number of H-pyrrole nitrogens is 1. The third kappa shape index (κ3) is 4.44. The number of amides is 3. The summed E-state index contributed by atoms with van der Waals surface area (Å²) in [5, 5.41) is 0.371. The first-order chi connectivity index (χ1) is 18.4. The number of aromatic amines is 1. The van der Waals surface area contributed by atoms with E-state index in [-0.39, 0.29) is 29.2 Å². The zero-order valence-corrected chi connectivity index (χ0v) is 22.6. The molecule has 196 valence electrons. The van der Waals surface area contributed by atoms with Gasteiger partial charge in [-0.2, -0.15) is 0 Å². The number of piperidine rings is 1. The predicted octanol–water partition coefficient (Wildman–Crippen LogP) is 4.28. The van der Waals surface area contributed by atoms with Gasteiger partial charge >= 0.3 is 4.87 Å². The maximum Gasteiger partial charge on any atom is 0.305 e. The fourth-order valence-corrected chi connectivity index (χ4v) is 8.07. The van der Waals surface area contributed by atoms with Gasteiger partial charge in [-0.25, -0.2) is 4.90 Å². The number of thioether (sulfide) groups is 1. The normalized spacial score (nSPS) is 22.8. The second kappa shape index (κ2) is 10.2. The molecule has 0 aliphatic carbocycles. The number of anilines is 1. The van der Waals surface area contributed by atoms with Crippen LogP contribution < -0.4 is 14.5 Å². The van der Waals surface area contributed by atoms with Crippen molar-refractivity contribution in [3.05, 3.63) is 73.7 Å². The largest absolute Gasteiger partial charge is 0.483 e. The molecule has 3 aliphatic rings. The quantitative estimate of drug-likeness (QED) is 0.461. The summed E-state index contributed by atoms with van der Waals surface area (Å²) in [6, 6.07) is 13.8.